The highest BCUT2D eigenvalue weighted by Crippen LogP contribution is 2.25. The fourth-order valence-corrected chi connectivity index (χ4v) is 4.23. The fraction of sp³-hybridized carbons (Fsp3) is 0.355. The number of nitrogens with one attached hydrogen (secondary N) is 1. The summed E-state index contributed by atoms with van der Waals surface area (Å²) in [5.41, 5.74) is 2.46. The van der Waals surface area contributed by atoms with Crippen molar-refractivity contribution in [2.24, 2.45) is 10.9 Å². The average Bonchev–Trinajstić information content (AvgIpc) is 2.94. The maximum Gasteiger partial charge on any atom is 0.133 e. The molecule has 0 amide bonds. The molecule has 8 heteroatoms. The minimum Gasteiger partial charge on any atom is -0.489 e. The van der Waals surface area contributed by atoms with E-state index in [9.17, 15) is 4.39 Å². The zero-order chi connectivity index (χ0) is 29.2. The molecule has 2 unspecified atom stereocenters. The summed E-state index contributed by atoms with van der Waals surface area (Å²) in [6.07, 6.45) is 7.34. The third-order valence-corrected chi connectivity index (χ3v) is 6.36. The number of pyridine rings is 1. The fourth-order valence-electron chi connectivity index (χ4n) is 3.28. The quantitative estimate of drug-likeness (QED) is 0.136. The third-order valence-electron chi connectivity index (χ3n) is 5.49. The van der Waals surface area contributed by atoms with Gasteiger partial charge < -0.3 is 14.8 Å². The largest absolute Gasteiger partial charge is 0.489 e. The zero-order valence-electron chi connectivity index (χ0n) is 23.7. The summed E-state index contributed by atoms with van der Waals surface area (Å²) in [6.45, 7) is 11.0. The SMILES string of the molecule is C#CC.CC.CCC(C)C(COc1cc(CNc2ncc(Br)cc2P)cc(OCc2ccccc2F)c1)=NC. The van der Waals surface area contributed by atoms with Crippen LogP contribution < -0.4 is 20.1 Å². The molecule has 5 nitrogen and oxygen atoms in total. The molecule has 1 N–H and O–H groups in total. The Balaban J connectivity index is 0.00000142. The topological polar surface area (TPSA) is 55.7 Å². The van der Waals surface area contributed by atoms with Crippen molar-refractivity contribution >= 4 is 42.0 Å². The second kappa shape index (κ2) is 19.2. The second-order valence-corrected chi connectivity index (χ2v) is 9.78. The first-order valence-electron chi connectivity index (χ1n) is 12.9. The smallest absolute Gasteiger partial charge is 0.133 e. The summed E-state index contributed by atoms with van der Waals surface area (Å²) in [5, 5.41) is 4.30. The van der Waals surface area contributed by atoms with Gasteiger partial charge >= 0.3 is 0 Å². The Labute approximate surface area is 244 Å². The number of hydrogen-bond donors (Lipinski definition) is 1. The molecular weight excluding hydrogens is 576 g/mol. The molecule has 3 aromatic rings. The molecule has 210 valence electrons. The molecule has 0 bridgehead atoms. The van der Waals surface area contributed by atoms with Crippen molar-refractivity contribution in [1.82, 2.24) is 4.98 Å². The van der Waals surface area contributed by atoms with Crippen LogP contribution in [0, 0.1) is 24.1 Å². The van der Waals surface area contributed by atoms with Gasteiger partial charge in [-0.15, -0.1) is 21.6 Å². The van der Waals surface area contributed by atoms with Crippen LogP contribution in [-0.4, -0.2) is 24.4 Å². The first-order valence-corrected chi connectivity index (χ1v) is 14.3. The predicted molar refractivity (Wildman–Crippen MR) is 170 cm³/mol. The Bertz CT molecular complexity index is 1230. The van der Waals surface area contributed by atoms with Crippen molar-refractivity contribution in [2.45, 2.75) is 54.2 Å². The number of aliphatic imine (C=N–C) groups is 1. The third kappa shape index (κ3) is 12.2. The lowest BCUT2D eigenvalue weighted by molar-refractivity contribution is 0.296. The first kappa shape index (κ1) is 34.1. The van der Waals surface area contributed by atoms with Crippen molar-refractivity contribution in [3.8, 4) is 23.8 Å². The van der Waals surface area contributed by atoms with E-state index in [0.717, 1.165) is 33.3 Å². The van der Waals surface area contributed by atoms with Gasteiger partial charge in [0.15, 0.2) is 0 Å². The Kier molecular flexibility index (Phi) is 16.8. The molecule has 2 atom stereocenters. The molecule has 0 aliphatic heterocycles. The first-order chi connectivity index (χ1) is 18.8. The number of rotatable bonds is 11. The average molecular weight is 617 g/mol. The number of aromatic nitrogens is 1. The number of anilines is 1. The van der Waals surface area contributed by atoms with E-state index in [-0.39, 0.29) is 12.4 Å². The van der Waals surface area contributed by atoms with Crippen LogP contribution >= 0.6 is 25.2 Å². The van der Waals surface area contributed by atoms with Gasteiger partial charge in [0.2, 0.25) is 0 Å². The summed E-state index contributed by atoms with van der Waals surface area (Å²) >= 11 is 3.43. The summed E-state index contributed by atoms with van der Waals surface area (Å²) in [6, 6.07) is 14.3. The van der Waals surface area contributed by atoms with Gasteiger partial charge in [0, 0.05) is 41.2 Å². The van der Waals surface area contributed by atoms with Crippen LogP contribution in [-0.2, 0) is 13.2 Å². The Morgan fingerprint density at radius 3 is 2.41 bits per heavy atom. The van der Waals surface area contributed by atoms with Crippen molar-refractivity contribution in [3.63, 3.8) is 0 Å². The number of benzene rings is 2. The molecule has 1 heterocycles. The molecular formula is C31H40BrFN3O2P. The summed E-state index contributed by atoms with van der Waals surface area (Å²) < 4.78 is 27.0. The van der Waals surface area contributed by atoms with Crippen molar-refractivity contribution in [1.29, 1.82) is 0 Å². The molecule has 0 fully saturated rings. The van der Waals surface area contributed by atoms with E-state index < -0.39 is 0 Å². The van der Waals surface area contributed by atoms with Gasteiger partial charge in [0.1, 0.15) is 36.3 Å². The lowest BCUT2D eigenvalue weighted by Crippen LogP contribution is -2.19. The summed E-state index contributed by atoms with van der Waals surface area (Å²) in [7, 11) is 4.47. The number of terminal acetylenes is 1. The maximum atomic E-state index is 14.0. The minimum atomic E-state index is -0.288. The van der Waals surface area contributed by atoms with E-state index >= 15 is 0 Å². The number of halogens is 2. The van der Waals surface area contributed by atoms with Crippen LogP contribution in [0.5, 0.6) is 11.5 Å². The normalized spacial score (nSPS) is 11.1. The molecule has 0 aliphatic rings. The Hall–Kier alpha value is -2.94. The predicted octanol–water partition coefficient (Wildman–Crippen LogP) is 7.84. The van der Waals surface area contributed by atoms with E-state index in [1.807, 2.05) is 38.1 Å². The van der Waals surface area contributed by atoms with Gasteiger partial charge in [-0.25, -0.2) is 9.37 Å². The highest BCUT2D eigenvalue weighted by atomic mass is 79.9. The van der Waals surface area contributed by atoms with Gasteiger partial charge in [-0.3, -0.25) is 4.99 Å². The van der Waals surface area contributed by atoms with Crippen LogP contribution in [0.3, 0.4) is 0 Å². The summed E-state index contributed by atoms with van der Waals surface area (Å²) in [4.78, 5) is 8.81. The molecule has 39 heavy (non-hydrogen) atoms. The Morgan fingerprint density at radius 2 is 1.82 bits per heavy atom. The molecule has 3 rings (SSSR count). The van der Waals surface area contributed by atoms with E-state index in [4.69, 9.17) is 9.47 Å². The zero-order valence-corrected chi connectivity index (χ0v) is 26.5. The Morgan fingerprint density at radius 1 is 1.18 bits per heavy atom. The maximum absolute atomic E-state index is 14.0. The number of hydrogen-bond acceptors (Lipinski definition) is 5. The highest BCUT2D eigenvalue weighted by molar-refractivity contribution is 9.10. The number of nitrogens with zero attached hydrogens (tertiary/aromatic N) is 2. The van der Waals surface area contributed by atoms with E-state index in [2.05, 4.69) is 66.7 Å². The standard InChI is InChI=1S/C26H30BrFN3O2P.C3H4.C2H6/c1-4-17(2)24(29-3)16-33-22-10-18(13-30-26-25(34)11-20(27)14-31-26)9-21(12-22)32-15-19-7-5-6-8-23(19)28;1-3-2;1-2/h5-12,14,17H,4,13,15-16,34H2,1-3H3,(H,30,31);1H,2H3;1-2H3. The van der Waals surface area contributed by atoms with Crippen molar-refractivity contribution in [3.05, 3.63) is 76.1 Å². The molecule has 0 aliphatic carbocycles. The van der Waals surface area contributed by atoms with Crippen LogP contribution in [0.4, 0.5) is 10.2 Å². The molecule has 0 saturated heterocycles. The number of ether oxygens (including phenoxy) is 2. The lowest BCUT2D eigenvalue weighted by Gasteiger charge is -2.16. The lowest BCUT2D eigenvalue weighted by atomic mass is 10.0. The van der Waals surface area contributed by atoms with E-state index in [1.165, 1.54) is 6.07 Å². The summed E-state index contributed by atoms with van der Waals surface area (Å²) in [5.74, 6) is 4.35. The minimum absolute atomic E-state index is 0.127. The van der Waals surface area contributed by atoms with Gasteiger partial charge in [0.25, 0.3) is 0 Å². The molecule has 0 spiro atoms. The van der Waals surface area contributed by atoms with Gasteiger partial charge in [-0.1, -0.05) is 45.9 Å². The highest BCUT2D eigenvalue weighted by Gasteiger charge is 2.11. The van der Waals surface area contributed by atoms with Crippen LogP contribution in [0.1, 0.15) is 52.2 Å². The van der Waals surface area contributed by atoms with Crippen LogP contribution in [0.15, 0.2) is 64.2 Å². The van der Waals surface area contributed by atoms with Gasteiger partial charge in [-0.2, -0.15) is 0 Å². The van der Waals surface area contributed by atoms with Crippen LogP contribution in [0.2, 0.25) is 0 Å². The van der Waals surface area contributed by atoms with Crippen molar-refractivity contribution in [2.75, 3.05) is 19.0 Å². The molecule has 2 aromatic carbocycles. The van der Waals surface area contributed by atoms with Gasteiger partial charge in [-0.05, 0) is 65.0 Å². The second-order valence-electron chi connectivity index (χ2n) is 8.24. The molecule has 0 radical (unpaired) electrons. The molecule has 1 aromatic heterocycles. The van der Waals surface area contributed by atoms with Gasteiger partial charge in [0.05, 0.1) is 5.71 Å². The molecule has 0 saturated carbocycles. The monoisotopic (exact) mass is 615 g/mol. The van der Waals surface area contributed by atoms with E-state index in [1.54, 1.807) is 38.4 Å². The van der Waals surface area contributed by atoms with Crippen molar-refractivity contribution < 1.29 is 13.9 Å². The van der Waals surface area contributed by atoms with E-state index in [0.29, 0.717) is 36.1 Å². The van der Waals surface area contributed by atoms with Crippen LogP contribution in [0.25, 0.3) is 0 Å².